The highest BCUT2D eigenvalue weighted by molar-refractivity contribution is 7.32. The average Bonchev–Trinajstić information content (AvgIpc) is 2.77. The van der Waals surface area contributed by atoms with Crippen molar-refractivity contribution in [3.63, 3.8) is 0 Å². The standard InChI is InChI=1S/C16H18F20O4Si2/c1-3-41(37-5-9(17,18)13(25,26)27,38-6-10(19,20)14(28,29)30)42(4-2,39-7-11(21,22)15(31,32)33)40-8-12(23,24)16(34,35)36/h3-8H2,1-2H3. The Labute approximate surface area is 223 Å². The maximum atomic E-state index is 13.6. The molecule has 0 aromatic rings. The van der Waals surface area contributed by atoms with E-state index < -0.39 is 103 Å². The van der Waals surface area contributed by atoms with E-state index in [9.17, 15) is 87.8 Å². The molecule has 0 aliphatic rings. The molecule has 0 aromatic heterocycles. The predicted molar refractivity (Wildman–Crippen MR) is 100 cm³/mol. The number of hydrogen-bond donors (Lipinski definition) is 0. The highest BCUT2D eigenvalue weighted by atomic mass is 29.3. The quantitative estimate of drug-likeness (QED) is 0.128. The van der Waals surface area contributed by atoms with Crippen LogP contribution in [0.5, 0.6) is 0 Å². The Kier molecular flexibility index (Phi) is 12.4. The Balaban J connectivity index is 7.26. The fourth-order valence-corrected chi connectivity index (χ4v) is 14.0. The summed E-state index contributed by atoms with van der Waals surface area (Å²) in [4.78, 5) is 0. The van der Waals surface area contributed by atoms with E-state index in [1.807, 2.05) is 0 Å². The molecule has 0 saturated carbocycles. The van der Waals surface area contributed by atoms with Gasteiger partial charge in [0, 0.05) is 0 Å². The highest BCUT2D eigenvalue weighted by Gasteiger charge is 2.71. The molecule has 0 amide bonds. The fraction of sp³-hybridized carbons (Fsp3) is 1.00. The van der Waals surface area contributed by atoms with Crippen LogP contribution in [0.3, 0.4) is 0 Å². The van der Waals surface area contributed by atoms with Crippen molar-refractivity contribution < 1.29 is 106 Å². The van der Waals surface area contributed by atoms with Crippen LogP contribution in [-0.4, -0.2) is 91.0 Å². The monoisotopic (exact) mass is 710 g/mol. The number of halogens is 20. The topological polar surface area (TPSA) is 36.9 Å². The van der Waals surface area contributed by atoms with Gasteiger partial charge < -0.3 is 17.7 Å². The van der Waals surface area contributed by atoms with Gasteiger partial charge in [0.2, 0.25) is 0 Å². The maximum Gasteiger partial charge on any atom is 0.455 e. The summed E-state index contributed by atoms with van der Waals surface area (Å²) in [6.07, 6.45) is -26.5. The molecule has 4 nitrogen and oxygen atoms in total. The summed E-state index contributed by atoms with van der Waals surface area (Å²) in [5, 5.41) is 0. The van der Waals surface area contributed by atoms with Gasteiger partial charge in [0.25, 0.3) is 0 Å². The van der Waals surface area contributed by atoms with Gasteiger partial charge in [-0.15, -0.1) is 0 Å². The second-order valence-corrected chi connectivity index (χ2v) is 18.3. The smallest absolute Gasteiger partial charge is 0.387 e. The van der Waals surface area contributed by atoms with E-state index in [0.29, 0.717) is 13.8 Å². The molecule has 0 fully saturated rings. The minimum atomic E-state index is -6.62. The van der Waals surface area contributed by atoms with Crippen molar-refractivity contribution in [2.24, 2.45) is 0 Å². The molecule has 0 rings (SSSR count). The highest BCUT2D eigenvalue weighted by Crippen LogP contribution is 2.44. The minimum absolute atomic E-state index is 0.387. The van der Waals surface area contributed by atoms with Crippen molar-refractivity contribution in [2.45, 2.75) is 74.3 Å². The van der Waals surface area contributed by atoms with E-state index in [2.05, 4.69) is 17.7 Å². The summed E-state index contributed by atoms with van der Waals surface area (Å²) in [6.45, 7) is -11.9. The minimum Gasteiger partial charge on any atom is -0.387 e. The van der Waals surface area contributed by atoms with E-state index in [1.54, 1.807) is 0 Å². The summed E-state index contributed by atoms with van der Waals surface area (Å²) in [7, 11) is -12.8. The predicted octanol–water partition coefficient (Wildman–Crippen LogP) is 7.85. The van der Waals surface area contributed by atoms with Gasteiger partial charge in [-0.3, -0.25) is 0 Å². The van der Waals surface area contributed by atoms with Crippen LogP contribution >= 0.6 is 0 Å². The largest absolute Gasteiger partial charge is 0.455 e. The third-order valence-electron chi connectivity index (χ3n) is 5.12. The van der Waals surface area contributed by atoms with Crippen molar-refractivity contribution in [3.05, 3.63) is 0 Å². The first-order valence-corrected chi connectivity index (χ1v) is 15.6. The van der Waals surface area contributed by atoms with Crippen molar-refractivity contribution >= 4 is 16.2 Å². The van der Waals surface area contributed by atoms with Crippen molar-refractivity contribution in [1.29, 1.82) is 0 Å². The molecule has 0 atom stereocenters. The van der Waals surface area contributed by atoms with Gasteiger partial charge in [-0.25, -0.2) is 0 Å². The molecule has 0 spiro atoms. The number of rotatable bonds is 15. The Morgan fingerprint density at radius 3 is 0.571 bits per heavy atom. The number of alkyl halides is 20. The van der Waals surface area contributed by atoms with Gasteiger partial charge in [-0.2, -0.15) is 87.8 Å². The number of hydrogen-bond acceptors (Lipinski definition) is 4. The van der Waals surface area contributed by atoms with Crippen LogP contribution in [0.2, 0.25) is 12.1 Å². The van der Waals surface area contributed by atoms with Gasteiger partial charge in [0.05, 0.1) is 0 Å². The van der Waals surface area contributed by atoms with Gasteiger partial charge in [0.1, 0.15) is 26.4 Å². The van der Waals surface area contributed by atoms with Crippen molar-refractivity contribution in [2.75, 3.05) is 26.4 Å². The normalized spacial score (nSPS) is 15.9. The van der Waals surface area contributed by atoms with Gasteiger partial charge in [0.15, 0.2) is 0 Å². The molecule has 0 aliphatic carbocycles. The SMILES string of the molecule is CC[Si](OCC(F)(F)C(F)(F)F)(OCC(F)(F)C(F)(F)F)[Si](CC)(OCC(F)(F)C(F)(F)F)OCC(F)(F)C(F)(F)F. The zero-order valence-corrected chi connectivity index (χ0v) is 22.4. The second-order valence-electron chi connectivity index (χ2n) is 8.18. The first-order valence-electron chi connectivity index (χ1n) is 10.5. The molecule has 0 saturated heterocycles. The Morgan fingerprint density at radius 1 is 0.333 bits per heavy atom. The van der Waals surface area contributed by atoms with Gasteiger partial charge >= 0.3 is 64.6 Å². The molecule has 0 aromatic carbocycles. The molecule has 0 N–H and O–H groups in total. The van der Waals surface area contributed by atoms with Crippen molar-refractivity contribution in [1.82, 2.24) is 0 Å². The molecule has 42 heavy (non-hydrogen) atoms. The van der Waals surface area contributed by atoms with E-state index in [-0.39, 0.29) is 0 Å². The molecule has 0 heterocycles. The van der Waals surface area contributed by atoms with Crippen LogP contribution in [0, 0.1) is 0 Å². The molecule has 254 valence electrons. The van der Waals surface area contributed by atoms with Crippen LogP contribution in [0.15, 0.2) is 0 Å². The second kappa shape index (κ2) is 12.7. The van der Waals surface area contributed by atoms with Gasteiger partial charge in [-0.1, -0.05) is 13.8 Å². The lowest BCUT2D eigenvalue weighted by Gasteiger charge is -2.44. The van der Waals surface area contributed by atoms with E-state index in [0.717, 1.165) is 0 Å². The Bertz CT molecular complexity index is 736. The van der Waals surface area contributed by atoms with Gasteiger partial charge in [-0.05, 0) is 12.1 Å². The summed E-state index contributed by atoms with van der Waals surface area (Å²) in [6, 6.07) is -3.30. The lowest BCUT2D eigenvalue weighted by molar-refractivity contribution is -0.299. The average molecular weight is 710 g/mol. The van der Waals surface area contributed by atoms with Crippen LogP contribution < -0.4 is 0 Å². The Morgan fingerprint density at radius 2 is 0.476 bits per heavy atom. The molecular weight excluding hydrogens is 692 g/mol. The van der Waals surface area contributed by atoms with E-state index >= 15 is 0 Å². The zero-order valence-electron chi connectivity index (χ0n) is 20.4. The molecule has 0 unspecified atom stereocenters. The van der Waals surface area contributed by atoms with Crippen molar-refractivity contribution in [3.8, 4) is 0 Å². The van der Waals surface area contributed by atoms with Crippen LogP contribution in [0.25, 0.3) is 0 Å². The maximum absolute atomic E-state index is 13.6. The summed E-state index contributed by atoms with van der Waals surface area (Å²) in [5.41, 5.74) is 0. The van der Waals surface area contributed by atoms with Crippen LogP contribution in [-0.2, 0) is 17.7 Å². The zero-order chi connectivity index (χ0) is 34.1. The summed E-state index contributed by atoms with van der Waals surface area (Å²) < 4.78 is 277. The molecule has 0 bridgehead atoms. The summed E-state index contributed by atoms with van der Waals surface area (Å²) in [5.74, 6) is -24.5. The van der Waals surface area contributed by atoms with Crippen LogP contribution in [0.4, 0.5) is 87.8 Å². The molecular formula is C16H18F20O4Si2. The fourth-order valence-electron chi connectivity index (χ4n) is 2.63. The first-order chi connectivity index (χ1) is 18.2. The molecule has 0 radical (unpaired) electrons. The van der Waals surface area contributed by atoms with E-state index in [4.69, 9.17) is 0 Å². The first kappa shape index (κ1) is 40.9. The molecule has 0 aliphatic heterocycles. The lowest BCUT2D eigenvalue weighted by atomic mass is 10.3. The third kappa shape index (κ3) is 9.19. The molecule has 26 heteroatoms. The van der Waals surface area contributed by atoms with E-state index in [1.165, 1.54) is 0 Å². The lowest BCUT2D eigenvalue weighted by Crippen LogP contribution is -2.73. The van der Waals surface area contributed by atoms with Crippen LogP contribution in [0.1, 0.15) is 13.8 Å². The third-order valence-corrected chi connectivity index (χ3v) is 17.9. The Hall–Kier alpha value is -1.13. The summed E-state index contributed by atoms with van der Waals surface area (Å²) >= 11 is 0.